The third kappa shape index (κ3) is 4.09. The van der Waals surface area contributed by atoms with Crippen molar-refractivity contribution in [2.45, 2.75) is 25.3 Å². The van der Waals surface area contributed by atoms with Gasteiger partial charge in [0.05, 0.1) is 12.0 Å². The summed E-state index contributed by atoms with van der Waals surface area (Å²) in [6, 6.07) is 13.6. The van der Waals surface area contributed by atoms with Crippen LogP contribution in [0.4, 0.5) is 5.82 Å². The SMILES string of the molecule is CN1C(=O)CC[C@@H](C(=O)N2CCCN(c3cccnn3)CC2)[C@H]1c1ccccc1. The van der Waals surface area contributed by atoms with Gasteiger partial charge in [0.2, 0.25) is 11.8 Å². The molecule has 2 aliphatic heterocycles. The lowest BCUT2D eigenvalue weighted by molar-refractivity contribution is -0.146. The quantitative estimate of drug-likeness (QED) is 0.799. The fourth-order valence-electron chi connectivity index (χ4n) is 4.47. The number of carbonyl (C=O) groups is 2. The molecule has 0 unspecified atom stereocenters. The average Bonchev–Trinajstić information content (AvgIpc) is 3.02. The molecule has 2 saturated heterocycles. The van der Waals surface area contributed by atoms with Gasteiger partial charge in [0.25, 0.3) is 0 Å². The Morgan fingerprint density at radius 1 is 1.03 bits per heavy atom. The Hall–Kier alpha value is -2.96. The lowest BCUT2D eigenvalue weighted by atomic mass is 9.83. The van der Waals surface area contributed by atoms with Crippen LogP contribution < -0.4 is 4.90 Å². The molecule has 1 aromatic heterocycles. The molecule has 2 aliphatic rings. The van der Waals surface area contributed by atoms with Gasteiger partial charge >= 0.3 is 0 Å². The maximum absolute atomic E-state index is 13.5. The van der Waals surface area contributed by atoms with E-state index in [4.69, 9.17) is 0 Å². The van der Waals surface area contributed by atoms with Crippen LogP contribution in [0, 0.1) is 5.92 Å². The second-order valence-electron chi connectivity index (χ2n) is 7.75. The van der Waals surface area contributed by atoms with Gasteiger partial charge in [0, 0.05) is 45.8 Å². The van der Waals surface area contributed by atoms with Crippen LogP contribution in [0.3, 0.4) is 0 Å². The molecule has 0 aliphatic carbocycles. The molecule has 0 radical (unpaired) electrons. The highest BCUT2D eigenvalue weighted by molar-refractivity contribution is 5.85. The Morgan fingerprint density at radius 2 is 1.86 bits per heavy atom. The number of aromatic nitrogens is 2. The zero-order valence-electron chi connectivity index (χ0n) is 16.8. The zero-order valence-corrected chi connectivity index (χ0v) is 16.8. The summed E-state index contributed by atoms with van der Waals surface area (Å²) in [5.41, 5.74) is 1.03. The lowest BCUT2D eigenvalue weighted by Crippen LogP contribution is -2.48. The van der Waals surface area contributed by atoms with Crippen LogP contribution in [0.2, 0.25) is 0 Å². The molecule has 4 rings (SSSR count). The van der Waals surface area contributed by atoms with Gasteiger partial charge in [-0.2, -0.15) is 5.10 Å². The predicted octanol–water partition coefficient (Wildman–Crippen LogP) is 2.12. The van der Waals surface area contributed by atoms with E-state index in [0.29, 0.717) is 19.4 Å². The van der Waals surface area contributed by atoms with Crippen molar-refractivity contribution in [1.82, 2.24) is 20.0 Å². The van der Waals surface area contributed by atoms with Crippen LogP contribution in [0.25, 0.3) is 0 Å². The summed E-state index contributed by atoms with van der Waals surface area (Å²) in [7, 11) is 1.82. The van der Waals surface area contributed by atoms with Gasteiger partial charge in [-0.05, 0) is 30.5 Å². The number of hydrogen-bond donors (Lipinski definition) is 0. The molecule has 0 bridgehead atoms. The number of carbonyl (C=O) groups excluding carboxylic acids is 2. The number of likely N-dealkylation sites (tertiary alicyclic amines) is 1. The number of anilines is 1. The molecule has 3 heterocycles. The van der Waals surface area contributed by atoms with Crippen LogP contribution in [0.5, 0.6) is 0 Å². The van der Waals surface area contributed by atoms with Crippen molar-refractivity contribution in [3.8, 4) is 0 Å². The molecule has 7 nitrogen and oxygen atoms in total. The molecule has 7 heteroatoms. The van der Waals surface area contributed by atoms with E-state index in [2.05, 4.69) is 15.1 Å². The topological polar surface area (TPSA) is 69.6 Å². The number of benzene rings is 1. The van der Waals surface area contributed by atoms with Gasteiger partial charge in [-0.3, -0.25) is 9.59 Å². The molecule has 2 atom stereocenters. The van der Waals surface area contributed by atoms with E-state index in [9.17, 15) is 9.59 Å². The van der Waals surface area contributed by atoms with Gasteiger partial charge in [-0.15, -0.1) is 5.10 Å². The van der Waals surface area contributed by atoms with Crippen LogP contribution in [-0.2, 0) is 9.59 Å². The second-order valence-corrected chi connectivity index (χ2v) is 7.75. The summed E-state index contributed by atoms with van der Waals surface area (Å²) in [6.07, 6.45) is 3.59. The minimum absolute atomic E-state index is 0.104. The van der Waals surface area contributed by atoms with E-state index < -0.39 is 0 Å². The van der Waals surface area contributed by atoms with Crippen molar-refractivity contribution in [3.05, 3.63) is 54.2 Å². The first-order valence-electron chi connectivity index (χ1n) is 10.3. The molecule has 2 aromatic rings. The molecule has 2 amide bonds. The van der Waals surface area contributed by atoms with E-state index >= 15 is 0 Å². The molecule has 0 N–H and O–H groups in total. The van der Waals surface area contributed by atoms with E-state index in [1.165, 1.54) is 0 Å². The first-order chi connectivity index (χ1) is 14.1. The van der Waals surface area contributed by atoms with Crippen molar-refractivity contribution in [1.29, 1.82) is 0 Å². The smallest absolute Gasteiger partial charge is 0.228 e. The molecule has 152 valence electrons. The van der Waals surface area contributed by atoms with Gasteiger partial charge in [0.1, 0.15) is 0 Å². The Kier molecular flexibility index (Phi) is 5.74. The van der Waals surface area contributed by atoms with E-state index in [0.717, 1.165) is 37.4 Å². The van der Waals surface area contributed by atoms with Crippen LogP contribution >= 0.6 is 0 Å². The fourth-order valence-corrected chi connectivity index (χ4v) is 4.47. The average molecular weight is 393 g/mol. The van der Waals surface area contributed by atoms with Crippen molar-refractivity contribution in [2.75, 3.05) is 38.1 Å². The van der Waals surface area contributed by atoms with Crippen LogP contribution in [-0.4, -0.2) is 65.0 Å². The number of hydrogen-bond acceptors (Lipinski definition) is 5. The third-order valence-corrected chi connectivity index (χ3v) is 6.01. The highest BCUT2D eigenvalue weighted by Crippen LogP contribution is 2.37. The molecule has 0 saturated carbocycles. The Morgan fingerprint density at radius 3 is 2.62 bits per heavy atom. The van der Waals surface area contributed by atoms with Gasteiger partial charge in [0.15, 0.2) is 5.82 Å². The molecule has 29 heavy (non-hydrogen) atoms. The summed E-state index contributed by atoms with van der Waals surface area (Å²) >= 11 is 0. The summed E-state index contributed by atoms with van der Waals surface area (Å²) in [6.45, 7) is 2.98. The van der Waals surface area contributed by atoms with Gasteiger partial charge < -0.3 is 14.7 Å². The van der Waals surface area contributed by atoms with Crippen molar-refractivity contribution in [3.63, 3.8) is 0 Å². The largest absolute Gasteiger partial charge is 0.353 e. The highest BCUT2D eigenvalue weighted by atomic mass is 16.2. The normalized spacial score (nSPS) is 23.1. The standard InChI is InChI=1S/C22H27N5O2/c1-25-20(28)11-10-18(21(25)17-7-3-2-4-8-17)22(29)27-14-6-13-26(15-16-27)19-9-5-12-23-24-19/h2-5,7-9,12,18,21H,6,10-11,13-16H2,1H3/t18-,21-/m1/s1. The molecular formula is C22H27N5O2. The summed E-state index contributed by atoms with van der Waals surface area (Å²) < 4.78 is 0. The lowest BCUT2D eigenvalue weighted by Gasteiger charge is -2.40. The number of rotatable bonds is 3. The Bertz CT molecular complexity index is 845. The molecular weight excluding hydrogens is 366 g/mol. The van der Waals surface area contributed by atoms with Crippen LogP contribution in [0.1, 0.15) is 30.9 Å². The number of amides is 2. The monoisotopic (exact) mass is 393 g/mol. The van der Waals surface area contributed by atoms with Crippen molar-refractivity contribution >= 4 is 17.6 Å². The maximum Gasteiger partial charge on any atom is 0.228 e. The molecule has 2 fully saturated rings. The van der Waals surface area contributed by atoms with Crippen LogP contribution in [0.15, 0.2) is 48.7 Å². The fraction of sp³-hybridized carbons (Fsp3) is 0.455. The summed E-state index contributed by atoms with van der Waals surface area (Å²) in [5.74, 6) is 0.905. The minimum Gasteiger partial charge on any atom is -0.353 e. The maximum atomic E-state index is 13.5. The first kappa shape index (κ1) is 19.4. The number of nitrogens with zero attached hydrogens (tertiary/aromatic N) is 5. The molecule has 1 aromatic carbocycles. The zero-order chi connectivity index (χ0) is 20.2. The highest BCUT2D eigenvalue weighted by Gasteiger charge is 2.40. The van der Waals surface area contributed by atoms with E-state index in [-0.39, 0.29) is 23.8 Å². The Balaban J connectivity index is 1.51. The van der Waals surface area contributed by atoms with E-state index in [1.54, 1.807) is 11.1 Å². The minimum atomic E-state index is -0.205. The third-order valence-electron chi connectivity index (χ3n) is 6.01. The second kappa shape index (κ2) is 8.59. The Labute approximate surface area is 171 Å². The van der Waals surface area contributed by atoms with Gasteiger partial charge in [-0.25, -0.2) is 0 Å². The summed E-state index contributed by atoms with van der Waals surface area (Å²) in [5, 5.41) is 8.17. The van der Waals surface area contributed by atoms with Crippen molar-refractivity contribution < 1.29 is 9.59 Å². The predicted molar refractivity (Wildman–Crippen MR) is 110 cm³/mol. The summed E-state index contributed by atoms with van der Waals surface area (Å²) in [4.78, 5) is 31.8. The molecule has 0 spiro atoms. The van der Waals surface area contributed by atoms with Gasteiger partial charge in [-0.1, -0.05) is 30.3 Å². The van der Waals surface area contributed by atoms with E-state index in [1.807, 2.05) is 54.4 Å². The van der Waals surface area contributed by atoms with Crippen molar-refractivity contribution in [2.24, 2.45) is 5.92 Å². The number of piperidine rings is 1. The first-order valence-corrected chi connectivity index (χ1v) is 10.3.